The fourth-order valence-corrected chi connectivity index (χ4v) is 2.70. The molecule has 1 unspecified atom stereocenters. The van der Waals surface area contributed by atoms with Crippen molar-refractivity contribution in [2.24, 2.45) is 0 Å². The van der Waals surface area contributed by atoms with Crippen LogP contribution in [0.4, 0.5) is 0 Å². The molecule has 1 heterocycles. The molecule has 0 saturated heterocycles. The first-order valence-corrected chi connectivity index (χ1v) is 7.39. The standard InChI is InChI=1S/C15H22O3.C2H6/c1-9-10(2)14-12(11(3)13(9)16)6-7-15(4,18-14)8-17-5;1-2/h16H,6-8H2,1-5H3;1-2H3. The Morgan fingerprint density at radius 2 is 1.75 bits per heavy atom. The van der Waals surface area contributed by atoms with Crippen LogP contribution in [-0.4, -0.2) is 24.4 Å². The van der Waals surface area contributed by atoms with Gasteiger partial charge < -0.3 is 14.6 Å². The van der Waals surface area contributed by atoms with Crippen molar-refractivity contribution in [2.45, 2.75) is 60.0 Å². The Balaban J connectivity index is 0.000000956. The summed E-state index contributed by atoms with van der Waals surface area (Å²) in [6, 6.07) is 0. The van der Waals surface area contributed by atoms with Crippen LogP contribution in [0.25, 0.3) is 0 Å². The Hall–Kier alpha value is -1.22. The van der Waals surface area contributed by atoms with Gasteiger partial charge in [0.05, 0.1) is 6.61 Å². The zero-order valence-corrected chi connectivity index (χ0v) is 13.9. The minimum Gasteiger partial charge on any atom is -0.507 e. The number of phenols is 1. The molecule has 0 aromatic heterocycles. The number of rotatable bonds is 2. The van der Waals surface area contributed by atoms with Gasteiger partial charge in [0.1, 0.15) is 17.1 Å². The van der Waals surface area contributed by atoms with Crippen molar-refractivity contribution in [1.82, 2.24) is 0 Å². The molecule has 0 radical (unpaired) electrons. The summed E-state index contributed by atoms with van der Waals surface area (Å²) in [5, 5.41) is 10.1. The summed E-state index contributed by atoms with van der Waals surface area (Å²) in [7, 11) is 1.70. The molecule has 0 amide bonds. The SMILES string of the molecule is CC.COCC1(C)CCc2c(C)c(O)c(C)c(C)c2O1. The van der Waals surface area contributed by atoms with Gasteiger partial charge in [-0.15, -0.1) is 0 Å². The van der Waals surface area contributed by atoms with Crippen LogP contribution in [-0.2, 0) is 11.2 Å². The lowest BCUT2D eigenvalue weighted by molar-refractivity contribution is -0.0112. The summed E-state index contributed by atoms with van der Waals surface area (Å²) in [6.07, 6.45) is 1.84. The highest BCUT2D eigenvalue weighted by molar-refractivity contribution is 5.58. The molecule has 20 heavy (non-hydrogen) atoms. The van der Waals surface area contributed by atoms with Gasteiger partial charge in [-0.2, -0.15) is 0 Å². The summed E-state index contributed by atoms with van der Waals surface area (Å²) in [5.41, 5.74) is 3.78. The first kappa shape index (κ1) is 16.8. The molecule has 0 bridgehead atoms. The Bertz CT molecular complexity index is 480. The maximum absolute atomic E-state index is 10.1. The minimum absolute atomic E-state index is 0.262. The number of methoxy groups -OCH3 is 1. The minimum atomic E-state index is -0.262. The lowest BCUT2D eigenvalue weighted by atomic mass is 9.87. The smallest absolute Gasteiger partial charge is 0.130 e. The Kier molecular flexibility index (Phi) is 5.46. The van der Waals surface area contributed by atoms with Gasteiger partial charge in [0, 0.05) is 12.7 Å². The van der Waals surface area contributed by atoms with Gasteiger partial charge in [-0.3, -0.25) is 0 Å². The zero-order valence-electron chi connectivity index (χ0n) is 13.9. The average Bonchev–Trinajstić information content (AvgIpc) is 2.45. The lowest BCUT2D eigenvalue weighted by Gasteiger charge is -2.37. The number of ether oxygens (including phenoxy) is 2. The van der Waals surface area contributed by atoms with Crippen LogP contribution in [0, 0.1) is 20.8 Å². The molecule has 1 aliphatic heterocycles. The highest BCUT2D eigenvalue weighted by atomic mass is 16.5. The van der Waals surface area contributed by atoms with Gasteiger partial charge in [0.2, 0.25) is 0 Å². The third-order valence-corrected chi connectivity index (χ3v) is 4.04. The van der Waals surface area contributed by atoms with E-state index in [-0.39, 0.29) is 5.60 Å². The van der Waals surface area contributed by atoms with Crippen molar-refractivity contribution in [3.05, 3.63) is 22.3 Å². The third kappa shape index (κ3) is 2.93. The number of aromatic hydroxyl groups is 1. The molecule has 1 aliphatic rings. The van der Waals surface area contributed by atoms with E-state index in [2.05, 4.69) is 6.92 Å². The Morgan fingerprint density at radius 1 is 1.15 bits per heavy atom. The second kappa shape index (κ2) is 6.49. The molecule has 3 nitrogen and oxygen atoms in total. The monoisotopic (exact) mass is 280 g/mol. The number of hydrogen-bond donors (Lipinski definition) is 1. The summed E-state index contributed by atoms with van der Waals surface area (Å²) in [5.74, 6) is 1.35. The molecule has 2 rings (SSSR count). The largest absolute Gasteiger partial charge is 0.507 e. The average molecular weight is 280 g/mol. The molecule has 0 spiro atoms. The molecule has 0 fully saturated rings. The van der Waals surface area contributed by atoms with Crippen LogP contribution in [0.2, 0.25) is 0 Å². The van der Waals surface area contributed by atoms with Gasteiger partial charge in [0.25, 0.3) is 0 Å². The van der Waals surface area contributed by atoms with E-state index in [0.29, 0.717) is 12.4 Å². The van der Waals surface area contributed by atoms with Crippen molar-refractivity contribution >= 4 is 0 Å². The van der Waals surface area contributed by atoms with Crippen LogP contribution < -0.4 is 4.74 Å². The van der Waals surface area contributed by atoms with Crippen molar-refractivity contribution in [2.75, 3.05) is 13.7 Å². The second-order valence-corrected chi connectivity index (χ2v) is 5.52. The molecular formula is C17H28O3. The molecule has 1 N–H and O–H groups in total. The number of phenolic OH excluding ortho intramolecular Hbond substituents is 1. The molecule has 0 aliphatic carbocycles. The highest BCUT2D eigenvalue weighted by Crippen LogP contribution is 2.43. The second-order valence-electron chi connectivity index (χ2n) is 5.52. The maximum atomic E-state index is 10.1. The zero-order chi connectivity index (χ0) is 15.5. The van der Waals surface area contributed by atoms with Crippen molar-refractivity contribution < 1.29 is 14.6 Å². The predicted molar refractivity (Wildman–Crippen MR) is 82.9 cm³/mol. The summed E-state index contributed by atoms with van der Waals surface area (Å²) in [6.45, 7) is 12.6. The van der Waals surface area contributed by atoms with E-state index in [1.54, 1.807) is 7.11 Å². The fourth-order valence-electron chi connectivity index (χ4n) is 2.70. The van der Waals surface area contributed by atoms with Gasteiger partial charge in [-0.05, 0) is 57.2 Å². The Labute approximate surface area is 122 Å². The van der Waals surface area contributed by atoms with E-state index in [9.17, 15) is 5.11 Å². The maximum Gasteiger partial charge on any atom is 0.130 e. The topological polar surface area (TPSA) is 38.7 Å². The molecular weight excluding hydrogens is 252 g/mol. The summed E-state index contributed by atoms with van der Waals surface area (Å²) in [4.78, 5) is 0. The van der Waals surface area contributed by atoms with Gasteiger partial charge >= 0.3 is 0 Å². The molecule has 1 aromatic carbocycles. The normalized spacial score (nSPS) is 20.6. The van der Waals surface area contributed by atoms with Crippen molar-refractivity contribution in [3.8, 4) is 11.5 Å². The van der Waals surface area contributed by atoms with E-state index in [4.69, 9.17) is 9.47 Å². The Morgan fingerprint density at radius 3 is 2.30 bits per heavy atom. The van der Waals surface area contributed by atoms with Crippen LogP contribution in [0.3, 0.4) is 0 Å². The van der Waals surface area contributed by atoms with E-state index >= 15 is 0 Å². The quantitative estimate of drug-likeness (QED) is 0.887. The fraction of sp³-hybridized carbons (Fsp3) is 0.647. The highest BCUT2D eigenvalue weighted by Gasteiger charge is 2.34. The van der Waals surface area contributed by atoms with Crippen LogP contribution in [0.5, 0.6) is 11.5 Å². The lowest BCUT2D eigenvalue weighted by Crippen LogP contribution is -2.41. The molecule has 114 valence electrons. The van der Waals surface area contributed by atoms with E-state index in [1.165, 1.54) is 0 Å². The van der Waals surface area contributed by atoms with Gasteiger partial charge in [0.15, 0.2) is 0 Å². The molecule has 3 heteroatoms. The van der Waals surface area contributed by atoms with Crippen molar-refractivity contribution in [1.29, 1.82) is 0 Å². The summed E-state index contributed by atoms with van der Waals surface area (Å²) >= 11 is 0. The first-order chi connectivity index (χ1) is 9.39. The number of benzene rings is 1. The molecule has 1 atom stereocenters. The predicted octanol–water partition coefficient (Wildman–Crippen LogP) is 4.07. The molecule has 1 aromatic rings. The third-order valence-electron chi connectivity index (χ3n) is 4.04. The van der Waals surface area contributed by atoms with Crippen LogP contribution >= 0.6 is 0 Å². The number of fused-ring (bicyclic) bond motifs is 1. The van der Waals surface area contributed by atoms with Gasteiger partial charge in [-0.25, -0.2) is 0 Å². The van der Waals surface area contributed by atoms with E-state index < -0.39 is 0 Å². The summed E-state index contributed by atoms with van der Waals surface area (Å²) < 4.78 is 11.4. The molecule has 0 saturated carbocycles. The van der Waals surface area contributed by atoms with Crippen LogP contribution in [0.1, 0.15) is 49.4 Å². The van der Waals surface area contributed by atoms with Gasteiger partial charge in [-0.1, -0.05) is 13.8 Å². The number of hydrogen-bond acceptors (Lipinski definition) is 3. The van der Waals surface area contributed by atoms with Crippen molar-refractivity contribution in [3.63, 3.8) is 0 Å². The van der Waals surface area contributed by atoms with E-state index in [1.807, 2.05) is 34.6 Å². The van der Waals surface area contributed by atoms with Crippen LogP contribution in [0.15, 0.2) is 0 Å². The first-order valence-electron chi connectivity index (χ1n) is 7.39. The van der Waals surface area contributed by atoms with E-state index in [0.717, 1.165) is 40.8 Å².